The first-order valence-corrected chi connectivity index (χ1v) is 7.32. The number of ether oxygens (including phenoxy) is 1. The van der Waals surface area contributed by atoms with E-state index < -0.39 is 6.10 Å². The van der Waals surface area contributed by atoms with Crippen molar-refractivity contribution in [2.45, 2.75) is 44.9 Å². The third-order valence-electron chi connectivity index (χ3n) is 4.63. The van der Waals surface area contributed by atoms with Crippen molar-refractivity contribution in [2.75, 3.05) is 13.2 Å². The molecule has 0 amide bonds. The highest BCUT2D eigenvalue weighted by Gasteiger charge is 2.37. The molecule has 104 valence electrons. The molecule has 19 heavy (non-hydrogen) atoms. The summed E-state index contributed by atoms with van der Waals surface area (Å²) in [7, 11) is 0. The Morgan fingerprint density at radius 1 is 1.26 bits per heavy atom. The molecule has 0 spiro atoms. The van der Waals surface area contributed by atoms with Crippen LogP contribution in [-0.2, 0) is 0 Å². The van der Waals surface area contributed by atoms with E-state index in [9.17, 15) is 5.11 Å². The van der Waals surface area contributed by atoms with Gasteiger partial charge in [0.2, 0.25) is 0 Å². The summed E-state index contributed by atoms with van der Waals surface area (Å²) in [4.78, 5) is 2.43. The van der Waals surface area contributed by atoms with Crippen molar-refractivity contribution in [3.05, 3.63) is 29.8 Å². The molecule has 4 atom stereocenters. The van der Waals surface area contributed by atoms with Crippen molar-refractivity contribution in [1.82, 2.24) is 4.90 Å². The zero-order valence-electron chi connectivity index (χ0n) is 11.7. The molecule has 1 aromatic carbocycles. The van der Waals surface area contributed by atoms with Crippen LogP contribution in [0.3, 0.4) is 0 Å². The number of nitrogens with zero attached hydrogens (tertiary/aromatic N) is 1. The fourth-order valence-corrected chi connectivity index (χ4v) is 3.53. The Hall–Kier alpha value is -1.06. The number of aliphatic hydroxyl groups is 1. The summed E-state index contributed by atoms with van der Waals surface area (Å²) in [6.07, 6.45) is 2.00. The van der Waals surface area contributed by atoms with E-state index in [-0.39, 0.29) is 6.04 Å². The van der Waals surface area contributed by atoms with Crippen molar-refractivity contribution in [2.24, 2.45) is 5.92 Å². The first kappa shape index (κ1) is 12.9. The van der Waals surface area contributed by atoms with Gasteiger partial charge >= 0.3 is 0 Å². The molecule has 1 saturated heterocycles. The summed E-state index contributed by atoms with van der Waals surface area (Å²) >= 11 is 0. The Kier molecular flexibility index (Phi) is 3.50. The predicted molar refractivity (Wildman–Crippen MR) is 75.3 cm³/mol. The molecule has 2 aliphatic heterocycles. The van der Waals surface area contributed by atoms with Gasteiger partial charge in [-0.3, -0.25) is 4.90 Å². The fourth-order valence-electron chi connectivity index (χ4n) is 3.53. The van der Waals surface area contributed by atoms with Crippen LogP contribution in [0.1, 0.15) is 38.4 Å². The number of fused-ring (bicyclic) bond motifs is 1. The van der Waals surface area contributed by atoms with E-state index in [4.69, 9.17) is 4.74 Å². The molecule has 2 aliphatic rings. The standard InChI is InChI=1S/C16H23NO2/c1-11-7-8-17(12(2)9-11)14-10-19-15-6-4-3-5-13(15)16(14)18/h3-6,11-12,14,16,18H,7-10H2,1-2H3. The minimum atomic E-state index is -0.430. The van der Waals surface area contributed by atoms with Crippen LogP contribution in [0, 0.1) is 5.92 Å². The average molecular weight is 261 g/mol. The monoisotopic (exact) mass is 261 g/mol. The number of rotatable bonds is 1. The summed E-state index contributed by atoms with van der Waals surface area (Å²) < 4.78 is 5.83. The van der Waals surface area contributed by atoms with Crippen LogP contribution in [0.4, 0.5) is 0 Å². The maximum atomic E-state index is 10.6. The van der Waals surface area contributed by atoms with E-state index in [2.05, 4.69) is 18.7 Å². The van der Waals surface area contributed by atoms with Gasteiger partial charge < -0.3 is 9.84 Å². The zero-order valence-corrected chi connectivity index (χ0v) is 11.7. The lowest BCUT2D eigenvalue weighted by Crippen LogP contribution is -2.52. The van der Waals surface area contributed by atoms with Crippen LogP contribution < -0.4 is 4.74 Å². The normalized spacial score (nSPS) is 35.5. The average Bonchev–Trinajstić information content (AvgIpc) is 2.41. The van der Waals surface area contributed by atoms with E-state index >= 15 is 0 Å². The molecule has 1 N–H and O–H groups in total. The smallest absolute Gasteiger partial charge is 0.125 e. The van der Waals surface area contributed by atoms with E-state index in [0.717, 1.165) is 23.8 Å². The highest BCUT2D eigenvalue weighted by molar-refractivity contribution is 5.37. The Labute approximate surface area is 115 Å². The van der Waals surface area contributed by atoms with Gasteiger partial charge in [0.15, 0.2) is 0 Å². The number of likely N-dealkylation sites (tertiary alicyclic amines) is 1. The van der Waals surface area contributed by atoms with Crippen LogP contribution in [0.25, 0.3) is 0 Å². The molecule has 2 heterocycles. The highest BCUT2D eigenvalue weighted by Crippen LogP contribution is 2.36. The number of aliphatic hydroxyl groups excluding tert-OH is 1. The lowest BCUT2D eigenvalue weighted by molar-refractivity contribution is -0.0316. The number of hydrogen-bond donors (Lipinski definition) is 1. The van der Waals surface area contributed by atoms with E-state index in [1.807, 2.05) is 24.3 Å². The molecular formula is C16H23NO2. The second-order valence-corrected chi connectivity index (χ2v) is 6.08. The zero-order chi connectivity index (χ0) is 13.4. The highest BCUT2D eigenvalue weighted by atomic mass is 16.5. The third kappa shape index (κ3) is 2.37. The van der Waals surface area contributed by atoms with Crippen LogP contribution in [0.5, 0.6) is 5.75 Å². The number of benzene rings is 1. The maximum absolute atomic E-state index is 10.6. The van der Waals surface area contributed by atoms with E-state index in [0.29, 0.717) is 12.6 Å². The molecule has 3 rings (SSSR count). The molecule has 3 nitrogen and oxygen atoms in total. The lowest BCUT2D eigenvalue weighted by atomic mass is 9.89. The van der Waals surface area contributed by atoms with Crippen LogP contribution >= 0.6 is 0 Å². The SMILES string of the molecule is CC1CCN(C2COc3ccccc3C2O)C(C)C1. The van der Waals surface area contributed by atoms with Gasteiger partial charge in [-0.15, -0.1) is 0 Å². The minimum absolute atomic E-state index is 0.0948. The number of hydrogen-bond acceptors (Lipinski definition) is 3. The molecule has 0 radical (unpaired) electrons. The number of piperidine rings is 1. The third-order valence-corrected chi connectivity index (χ3v) is 4.63. The first-order chi connectivity index (χ1) is 9.16. The molecular weight excluding hydrogens is 238 g/mol. The molecule has 3 heteroatoms. The van der Waals surface area contributed by atoms with Gasteiger partial charge in [-0.1, -0.05) is 25.1 Å². The molecule has 4 unspecified atom stereocenters. The first-order valence-electron chi connectivity index (χ1n) is 7.32. The summed E-state index contributed by atoms with van der Waals surface area (Å²) in [5.41, 5.74) is 0.935. The molecule has 0 saturated carbocycles. The molecule has 0 bridgehead atoms. The second kappa shape index (κ2) is 5.14. The topological polar surface area (TPSA) is 32.7 Å². The van der Waals surface area contributed by atoms with Gasteiger partial charge in [0.05, 0.1) is 6.04 Å². The second-order valence-electron chi connectivity index (χ2n) is 6.08. The van der Waals surface area contributed by atoms with Gasteiger partial charge in [0.25, 0.3) is 0 Å². The van der Waals surface area contributed by atoms with E-state index in [1.165, 1.54) is 12.8 Å². The van der Waals surface area contributed by atoms with Crippen LogP contribution in [0.15, 0.2) is 24.3 Å². The fraction of sp³-hybridized carbons (Fsp3) is 0.625. The van der Waals surface area contributed by atoms with Crippen LogP contribution in [0.2, 0.25) is 0 Å². The van der Waals surface area contributed by atoms with Gasteiger partial charge in [-0.05, 0) is 38.3 Å². The minimum Gasteiger partial charge on any atom is -0.491 e. The number of para-hydroxylation sites is 1. The van der Waals surface area contributed by atoms with Crippen molar-refractivity contribution in [3.63, 3.8) is 0 Å². The Morgan fingerprint density at radius 2 is 2.05 bits per heavy atom. The molecule has 1 aromatic rings. The maximum Gasteiger partial charge on any atom is 0.125 e. The summed E-state index contributed by atoms with van der Waals surface area (Å²) in [6.45, 7) is 6.24. The Balaban J connectivity index is 1.80. The lowest BCUT2D eigenvalue weighted by Gasteiger charge is -2.45. The molecule has 1 fully saturated rings. The summed E-state index contributed by atoms with van der Waals surface area (Å²) in [5.74, 6) is 1.63. The Morgan fingerprint density at radius 3 is 2.84 bits per heavy atom. The van der Waals surface area contributed by atoms with Gasteiger partial charge in [0, 0.05) is 11.6 Å². The van der Waals surface area contributed by atoms with E-state index in [1.54, 1.807) is 0 Å². The van der Waals surface area contributed by atoms with Crippen molar-refractivity contribution >= 4 is 0 Å². The largest absolute Gasteiger partial charge is 0.491 e. The summed E-state index contributed by atoms with van der Waals surface area (Å²) in [5, 5.41) is 10.6. The van der Waals surface area contributed by atoms with Crippen LogP contribution in [-0.4, -0.2) is 35.2 Å². The quantitative estimate of drug-likeness (QED) is 0.843. The van der Waals surface area contributed by atoms with Gasteiger partial charge in [-0.2, -0.15) is 0 Å². The summed E-state index contributed by atoms with van der Waals surface area (Å²) in [6, 6.07) is 8.46. The van der Waals surface area contributed by atoms with Gasteiger partial charge in [-0.25, -0.2) is 0 Å². The molecule has 0 aromatic heterocycles. The predicted octanol–water partition coefficient (Wildman–Crippen LogP) is 2.60. The van der Waals surface area contributed by atoms with Gasteiger partial charge in [0.1, 0.15) is 18.5 Å². The Bertz CT molecular complexity index is 448. The van der Waals surface area contributed by atoms with Crippen molar-refractivity contribution in [1.29, 1.82) is 0 Å². The molecule has 0 aliphatic carbocycles. The van der Waals surface area contributed by atoms with Crippen molar-refractivity contribution < 1.29 is 9.84 Å². The van der Waals surface area contributed by atoms with Crippen molar-refractivity contribution in [3.8, 4) is 5.75 Å².